The molecule has 0 bridgehead atoms. The third-order valence-electron chi connectivity index (χ3n) is 3.71. The summed E-state index contributed by atoms with van der Waals surface area (Å²) >= 11 is 0. The van der Waals surface area contributed by atoms with Crippen molar-refractivity contribution in [2.45, 2.75) is 51.2 Å². The lowest BCUT2D eigenvalue weighted by atomic mass is 10.2. The maximum Gasteiger partial charge on any atom is 0.390 e. The fraction of sp³-hybridized carbons (Fsp3) is 0.929. The van der Waals surface area contributed by atoms with Crippen molar-refractivity contribution in [3.63, 3.8) is 0 Å². The van der Waals surface area contributed by atoms with Gasteiger partial charge in [0.05, 0.1) is 13.0 Å². The number of alkyl halides is 3. The van der Waals surface area contributed by atoms with E-state index in [0.717, 1.165) is 6.54 Å². The Hall–Kier alpha value is -0.250. The van der Waals surface area contributed by atoms with Crippen molar-refractivity contribution in [2.75, 3.05) is 33.2 Å². The van der Waals surface area contributed by atoms with E-state index in [-0.39, 0.29) is 30.5 Å². The molecule has 0 radical (unpaired) electrons. The first kappa shape index (κ1) is 21.8. The Morgan fingerprint density at radius 1 is 1.23 bits per heavy atom. The molecule has 0 amide bonds. The quantitative estimate of drug-likeness (QED) is 0.366. The number of nitrogens with zero attached hydrogens (tertiary/aromatic N) is 2. The molecule has 0 heterocycles. The number of rotatable bonds is 7. The minimum Gasteiger partial charge on any atom is -0.357 e. The average Bonchev–Trinajstić information content (AvgIpc) is 2.91. The number of halogens is 4. The summed E-state index contributed by atoms with van der Waals surface area (Å²) in [7, 11) is 2.10. The van der Waals surface area contributed by atoms with Crippen LogP contribution in [0.3, 0.4) is 0 Å². The van der Waals surface area contributed by atoms with E-state index in [1.165, 1.54) is 25.7 Å². The van der Waals surface area contributed by atoms with Crippen LogP contribution in [0.4, 0.5) is 13.2 Å². The highest BCUT2D eigenvalue weighted by Gasteiger charge is 2.26. The van der Waals surface area contributed by atoms with E-state index < -0.39 is 12.6 Å². The number of guanidine groups is 1. The Balaban J connectivity index is 0.00000441. The number of nitrogens with one attached hydrogen (secondary N) is 2. The summed E-state index contributed by atoms with van der Waals surface area (Å²) in [6.45, 7) is 3.85. The molecule has 0 atom stereocenters. The van der Waals surface area contributed by atoms with Crippen LogP contribution in [-0.4, -0.2) is 56.3 Å². The first-order valence-electron chi connectivity index (χ1n) is 7.71. The summed E-state index contributed by atoms with van der Waals surface area (Å²) in [5, 5.41) is 6.06. The second-order valence-electron chi connectivity index (χ2n) is 5.47. The van der Waals surface area contributed by atoms with E-state index in [2.05, 4.69) is 27.6 Å². The molecule has 0 aromatic rings. The molecule has 1 saturated carbocycles. The smallest absolute Gasteiger partial charge is 0.357 e. The van der Waals surface area contributed by atoms with Crippen molar-refractivity contribution < 1.29 is 13.2 Å². The van der Waals surface area contributed by atoms with Gasteiger partial charge in [0.2, 0.25) is 0 Å². The molecule has 0 aliphatic heterocycles. The van der Waals surface area contributed by atoms with Gasteiger partial charge in [0.25, 0.3) is 0 Å². The molecule has 22 heavy (non-hydrogen) atoms. The number of likely N-dealkylation sites (N-methyl/N-ethyl adjacent to an activating group) is 1. The van der Waals surface area contributed by atoms with Crippen LogP contribution in [-0.2, 0) is 0 Å². The molecular formula is C14H28F3IN4. The lowest BCUT2D eigenvalue weighted by molar-refractivity contribution is -0.132. The largest absolute Gasteiger partial charge is 0.390 e. The fourth-order valence-corrected chi connectivity index (χ4v) is 2.51. The third kappa shape index (κ3) is 9.70. The van der Waals surface area contributed by atoms with Gasteiger partial charge in [-0.1, -0.05) is 12.8 Å². The Labute approximate surface area is 148 Å². The molecule has 0 unspecified atom stereocenters. The van der Waals surface area contributed by atoms with Crippen LogP contribution < -0.4 is 10.6 Å². The third-order valence-corrected chi connectivity index (χ3v) is 3.71. The zero-order valence-corrected chi connectivity index (χ0v) is 15.7. The second-order valence-corrected chi connectivity index (χ2v) is 5.47. The van der Waals surface area contributed by atoms with Crippen molar-refractivity contribution >= 4 is 29.9 Å². The predicted octanol–water partition coefficient (Wildman–Crippen LogP) is 2.99. The zero-order valence-electron chi connectivity index (χ0n) is 13.4. The highest BCUT2D eigenvalue weighted by atomic mass is 127. The first-order valence-corrected chi connectivity index (χ1v) is 7.71. The lowest BCUT2D eigenvalue weighted by Gasteiger charge is -2.24. The van der Waals surface area contributed by atoms with Crippen molar-refractivity contribution in [3.8, 4) is 0 Å². The SMILES string of the molecule is CCNC(=NCCC(F)(F)F)NCCN(C)C1CCCC1.I. The van der Waals surface area contributed by atoms with Crippen molar-refractivity contribution in [1.29, 1.82) is 0 Å². The summed E-state index contributed by atoms with van der Waals surface area (Å²) in [4.78, 5) is 6.27. The molecule has 1 rings (SSSR count). The molecule has 0 aromatic heterocycles. The number of aliphatic imine (C=N–C) groups is 1. The van der Waals surface area contributed by atoms with Gasteiger partial charge in [-0.3, -0.25) is 4.99 Å². The first-order chi connectivity index (χ1) is 9.92. The molecule has 0 spiro atoms. The van der Waals surface area contributed by atoms with Gasteiger partial charge in [-0.25, -0.2) is 0 Å². The van der Waals surface area contributed by atoms with Crippen LogP contribution >= 0.6 is 24.0 Å². The molecular weight excluding hydrogens is 408 g/mol. The Bertz CT molecular complexity index is 318. The average molecular weight is 436 g/mol. The van der Waals surface area contributed by atoms with E-state index in [1.54, 1.807) is 0 Å². The molecule has 132 valence electrons. The Morgan fingerprint density at radius 3 is 2.41 bits per heavy atom. The second kappa shape index (κ2) is 11.3. The van der Waals surface area contributed by atoms with Crippen LogP contribution in [0.2, 0.25) is 0 Å². The van der Waals surface area contributed by atoms with Crippen LogP contribution in [0, 0.1) is 0 Å². The van der Waals surface area contributed by atoms with E-state index in [1.807, 2.05) is 6.92 Å². The minimum atomic E-state index is -4.15. The number of hydrogen-bond donors (Lipinski definition) is 2. The van der Waals surface area contributed by atoms with Crippen LogP contribution in [0.1, 0.15) is 39.0 Å². The highest BCUT2D eigenvalue weighted by Crippen LogP contribution is 2.21. The van der Waals surface area contributed by atoms with Gasteiger partial charge < -0.3 is 15.5 Å². The topological polar surface area (TPSA) is 39.7 Å². The molecule has 0 aromatic carbocycles. The molecule has 2 N–H and O–H groups in total. The van der Waals surface area contributed by atoms with Gasteiger partial charge in [0.1, 0.15) is 0 Å². The van der Waals surface area contributed by atoms with Gasteiger partial charge in [-0.15, -0.1) is 24.0 Å². The lowest BCUT2D eigenvalue weighted by Crippen LogP contribution is -2.42. The van der Waals surface area contributed by atoms with Crippen molar-refractivity contribution in [2.24, 2.45) is 4.99 Å². The standard InChI is InChI=1S/C14H27F3N4.HI/c1-3-18-13(19-9-8-14(15,16)17)20-10-11-21(2)12-6-4-5-7-12;/h12H,3-11H2,1-2H3,(H2,18,19,20);1H. The molecule has 1 fully saturated rings. The zero-order chi connectivity index (χ0) is 15.7. The van der Waals surface area contributed by atoms with Crippen LogP contribution in [0.25, 0.3) is 0 Å². The van der Waals surface area contributed by atoms with Gasteiger partial charge in [0, 0.05) is 25.7 Å². The maximum absolute atomic E-state index is 12.1. The predicted molar refractivity (Wildman–Crippen MR) is 95.0 cm³/mol. The fourth-order valence-electron chi connectivity index (χ4n) is 2.51. The molecule has 0 saturated heterocycles. The van der Waals surface area contributed by atoms with E-state index >= 15 is 0 Å². The summed E-state index contributed by atoms with van der Waals surface area (Å²) in [6, 6.07) is 0.650. The molecule has 4 nitrogen and oxygen atoms in total. The highest BCUT2D eigenvalue weighted by molar-refractivity contribution is 14.0. The van der Waals surface area contributed by atoms with E-state index in [9.17, 15) is 13.2 Å². The van der Waals surface area contributed by atoms with Gasteiger partial charge >= 0.3 is 6.18 Å². The molecule has 1 aliphatic carbocycles. The normalized spacial score (nSPS) is 16.7. The maximum atomic E-state index is 12.1. The monoisotopic (exact) mass is 436 g/mol. The van der Waals surface area contributed by atoms with Gasteiger partial charge in [-0.05, 0) is 26.8 Å². The summed E-state index contributed by atoms with van der Waals surface area (Å²) in [5.41, 5.74) is 0. The van der Waals surface area contributed by atoms with Crippen molar-refractivity contribution in [3.05, 3.63) is 0 Å². The van der Waals surface area contributed by atoms with E-state index in [0.29, 0.717) is 25.1 Å². The Morgan fingerprint density at radius 2 is 1.86 bits per heavy atom. The van der Waals surface area contributed by atoms with E-state index in [4.69, 9.17) is 0 Å². The summed E-state index contributed by atoms with van der Waals surface area (Å²) < 4.78 is 36.3. The number of hydrogen-bond acceptors (Lipinski definition) is 2. The van der Waals surface area contributed by atoms with Crippen molar-refractivity contribution in [1.82, 2.24) is 15.5 Å². The van der Waals surface area contributed by atoms with Crippen LogP contribution in [0.5, 0.6) is 0 Å². The summed E-state index contributed by atoms with van der Waals surface area (Å²) in [6.07, 6.45) is 0.0511. The van der Waals surface area contributed by atoms with Gasteiger partial charge in [0.15, 0.2) is 5.96 Å². The molecule has 8 heteroatoms. The minimum absolute atomic E-state index is 0. The van der Waals surface area contributed by atoms with Crippen LogP contribution in [0.15, 0.2) is 4.99 Å². The summed E-state index contributed by atoms with van der Waals surface area (Å²) in [5.74, 6) is 0.460. The van der Waals surface area contributed by atoms with Gasteiger partial charge in [-0.2, -0.15) is 13.2 Å². The molecule has 1 aliphatic rings. The Kier molecular flexibility index (Phi) is 11.2.